The third-order valence-corrected chi connectivity index (χ3v) is 4.39. The predicted molar refractivity (Wildman–Crippen MR) is 101 cm³/mol. The summed E-state index contributed by atoms with van der Waals surface area (Å²) in [6.07, 6.45) is 8.15. The fraction of sp³-hybridized carbons (Fsp3) is 0.250. The molecule has 1 atom stereocenters. The van der Waals surface area contributed by atoms with Crippen molar-refractivity contribution in [3.63, 3.8) is 0 Å². The number of benzene rings is 1. The second-order valence-electron chi connectivity index (χ2n) is 6.28. The van der Waals surface area contributed by atoms with Crippen molar-refractivity contribution in [2.24, 2.45) is 7.05 Å². The molecule has 3 aromatic rings. The van der Waals surface area contributed by atoms with E-state index in [4.69, 9.17) is 0 Å². The zero-order valence-electron chi connectivity index (χ0n) is 14.9. The minimum atomic E-state index is -0.782. The molecule has 0 bridgehead atoms. The van der Waals surface area contributed by atoms with Gasteiger partial charge in [-0.1, -0.05) is 19.1 Å². The molecule has 0 radical (unpaired) electrons. The van der Waals surface area contributed by atoms with Crippen LogP contribution in [0.5, 0.6) is 0 Å². The molecular formula is C20H22N4O2. The molecule has 0 saturated heterocycles. The van der Waals surface area contributed by atoms with E-state index in [9.17, 15) is 9.90 Å². The van der Waals surface area contributed by atoms with E-state index in [0.29, 0.717) is 0 Å². The fourth-order valence-electron chi connectivity index (χ4n) is 3.03. The summed E-state index contributed by atoms with van der Waals surface area (Å²) in [7, 11) is 1.88. The number of anilines is 2. The number of nitrogens with zero attached hydrogens (tertiary/aromatic N) is 3. The molecule has 0 fully saturated rings. The summed E-state index contributed by atoms with van der Waals surface area (Å²) in [4.78, 5) is 15.3. The van der Waals surface area contributed by atoms with Crippen LogP contribution in [0.25, 0.3) is 11.1 Å². The van der Waals surface area contributed by atoms with E-state index in [1.807, 2.05) is 56.7 Å². The predicted octanol–water partition coefficient (Wildman–Crippen LogP) is 4.19. The van der Waals surface area contributed by atoms with Crippen molar-refractivity contribution in [1.82, 2.24) is 14.8 Å². The van der Waals surface area contributed by atoms with Gasteiger partial charge in [-0.15, -0.1) is 0 Å². The largest absolute Gasteiger partial charge is 0.481 e. The number of rotatable bonds is 7. The first-order valence-corrected chi connectivity index (χ1v) is 8.58. The molecule has 6 nitrogen and oxygen atoms in total. The van der Waals surface area contributed by atoms with Crippen molar-refractivity contribution >= 4 is 17.3 Å². The van der Waals surface area contributed by atoms with Crippen LogP contribution in [0, 0.1) is 0 Å². The lowest BCUT2D eigenvalue weighted by Gasteiger charge is -2.17. The van der Waals surface area contributed by atoms with E-state index in [0.717, 1.165) is 34.5 Å². The van der Waals surface area contributed by atoms with Gasteiger partial charge >= 0.3 is 5.97 Å². The Balaban J connectivity index is 2.02. The van der Waals surface area contributed by atoms with Crippen LogP contribution >= 0.6 is 0 Å². The van der Waals surface area contributed by atoms with Gasteiger partial charge in [-0.25, -0.2) is 0 Å². The smallest absolute Gasteiger partial charge is 0.303 e. The number of aliphatic carboxylic acids is 1. The molecule has 26 heavy (non-hydrogen) atoms. The lowest BCUT2D eigenvalue weighted by Crippen LogP contribution is -2.06. The number of carbonyl (C=O) groups is 1. The first kappa shape index (κ1) is 17.7. The number of hydrogen-bond acceptors (Lipinski definition) is 4. The molecule has 134 valence electrons. The second kappa shape index (κ2) is 7.82. The average molecular weight is 350 g/mol. The zero-order chi connectivity index (χ0) is 18.5. The van der Waals surface area contributed by atoms with Gasteiger partial charge in [-0.05, 0) is 36.1 Å². The molecule has 2 N–H and O–H groups in total. The standard InChI is InChI=1S/C20H22N4O2/c1-3-14(10-20(25)26)15-6-7-18(16-11-22-24(2)13-16)19(9-15)23-17-5-4-8-21-12-17/h4-9,11-14,23H,3,10H2,1-2H3,(H,25,26)/t14-/m1/s1. The molecular weight excluding hydrogens is 328 g/mol. The Labute approximate surface area is 152 Å². The average Bonchev–Trinajstić information content (AvgIpc) is 3.06. The van der Waals surface area contributed by atoms with Crippen LogP contribution in [-0.2, 0) is 11.8 Å². The van der Waals surface area contributed by atoms with Gasteiger partial charge in [0, 0.05) is 36.3 Å². The SMILES string of the molecule is CC[C@H](CC(=O)O)c1ccc(-c2cnn(C)c2)c(Nc2cccnc2)c1. The van der Waals surface area contributed by atoms with Crippen LogP contribution in [0.15, 0.2) is 55.1 Å². The van der Waals surface area contributed by atoms with E-state index in [1.54, 1.807) is 17.1 Å². The highest BCUT2D eigenvalue weighted by Gasteiger charge is 2.16. The number of carboxylic acid groups (broad SMARTS) is 1. The van der Waals surface area contributed by atoms with Gasteiger partial charge in [-0.2, -0.15) is 5.10 Å². The van der Waals surface area contributed by atoms with Gasteiger partial charge in [-0.3, -0.25) is 14.5 Å². The monoisotopic (exact) mass is 350 g/mol. The van der Waals surface area contributed by atoms with Crippen molar-refractivity contribution in [3.05, 3.63) is 60.7 Å². The highest BCUT2D eigenvalue weighted by Crippen LogP contribution is 2.34. The van der Waals surface area contributed by atoms with Gasteiger partial charge in [0.25, 0.3) is 0 Å². The van der Waals surface area contributed by atoms with E-state index < -0.39 is 5.97 Å². The summed E-state index contributed by atoms with van der Waals surface area (Å²) in [5.41, 5.74) is 4.80. The van der Waals surface area contributed by atoms with Crippen molar-refractivity contribution in [2.45, 2.75) is 25.7 Å². The van der Waals surface area contributed by atoms with Gasteiger partial charge in [0.05, 0.1) is 24.5 Å². The summed E-state index contributed by atoms with van der Waals surface area (Å²) in [5, 5.41) is 16.8. The highest BCUT2D eigenvalue weighted by molar-refractivity contribution is 5.81. The molecule has 3 rings (SSSR count). The molecule has 0 spiro atoms. The Morgan fingerprint density at radius 3 is 2.77 bits per heavy atom. The lowest BCUT2D eigenvalue weighted by molar-refractivity contribution is -0.137. The summed E-state index contributed by atoms with van der Waals surface area (Å²) < 4.78 is 1.76. The molecule has 0 saturated carbocycles. The lowest BCUT2D eigenvalue weighted by atomic mass is 9.91. The van der Waals surface area contributed by atoms with Crippen LogP contribution in [0.4, 0.5) is 11.4 Å². The summed E-state index contributed by atoms with van der Waals surface area (Å²) in [5.74, 6) is -0.806. The molecule has 0 unspecified atom stereocenters. The first-order valence-electron chi connectivity index (χ1n) is 8.58. The fourth-order valence-corrected chi connectivity index (χ4v) is 3.03. The van der Waals surface area contributed by atoms with Gasteiger partial charge < -0.3 is 10.4 Å². The van der Waals surface area contributed by atoms with Crippen LogP contribution in [0.2, 0.25) is 0 Å². The Hall–Kier alpha value is -3.15. The van der Waals surface area contributed by atoms with E-state index in [2.05, 4.69) is 15.4 Å². The summed E-state index contributed by atoms with van der Waals surface area (Å²) >= 11 is 0. The summed E-state index contributed by atoms with van der Waals surface area (Å²) in [6, 6.07) is 9.88. The number of hydrogen-bond donors (Lipinski definition) is 2. The Morgan fingerprint density at radius 2 is 2.15 bits per heavy atom. The van der Waals surface area contributed by atoms with Crippen molar-refractivity contribution in [3.8, 4) is 11.1 Å². The molecule has 2 heterocycles. The van der Waals surface area contributed by atoms with Crippen molar-refractivity contribution in [2.75, 3.05) is 5.32 Å². The van der Waals surface area contributed by atoms with Gasteiger partial charge in [0.15, 0.2) is 0 Å². The number of aromatic nitrogens is 3. The Bertz CT molecular complexity index is 890. The van der Waals surface area contributed by atoms with Crippen LogP contribution in [-0.4, -0.2) is 25.8 Å². The van der Waals surface area contributed by atoms with Crippen LogP contribution in [0.3, 0.4) is 0 Å². The van der Waals surface area contributed by atoms with E-state index >= 15 is 0 Å². The topological polar surface area (TPSA) is 80.0 Å². The van der Waals surface area contributed by atoms with Crippen LogP contribution in [0.1, 0.15) is 31.2 Å². The molecule has 0 aliphatic rings. The minimum absolute atomic E-state index is 0.0232. The number of aryl methyl sites for hydroxylation is 1. The normalized spacial score (nSPS) is 11.9. The maximum Gasteiger partial charge on any atom is 0.303 e. The molecule has 0 aliphatic carbocycles. The third-order valence-electron chi connectivity index (χ3n) is 4.39. The summed E-state index contributed by atoms with van der Waals surface area (Å²) in [6.45, 7) is 2.01. The Kier molecular flexibility index (Phi) is 5.31. The van der Waals surface area contributed by atoms with E-state index in [1.165, 1.54) is 0 Å². The van der Waals surface area contributed by atoms with Gasteiger partial charge in [0.1, 0.15) is 0 Å². The maximum atomic E-state index is 11.2. The first-order chi connectivity index (χ1) is 12.6. The van der Waals surface area contributed by atoms with Crippen LogP contribution < -0.4 is 5.32 Å². The second-order valence-corrected chi connectivity index (χ2v) is 6.28. The number of pyridine rings is 1. The number of nitrogens with one attached hydrogen (secondary N) is 1. The quantitative estimate of drug-likeness (QED) is 0.668. The molecule has 6 heteroatoms. The van der Waals surface area contributed by atoms with Gasteiger partial charge in [0.2, 0.25) is 0 Å². The zero-order valence-corrected chi connectivity index (χ0v) is 14.9. The highest BCUT2D eigenvalue weighted by atomic mass is 16.4. The molecule has 1 aromatic carbocycles. The molecule has 0 aliphatic heterocycles. The Morgan fingerprint density at radius 1 is 1.31 bits per heavy atom. The molecule has 2 aromatic heterocycles. The number of carboxylic acids is 1. The van der Waals surface area contributed by atoms with E-state index in [-0.39, 0.29) is 12.3 Å². The molecule has 0 amide bonds. The maximum absolute atomic E-state index is 11.2. The third kappa shape index (κ3) is 4.08. The minimum Gasteiger partial charge on any atom is -0.481 e. The van der Waals surface area contributed by atoms with Crippen molar-refractivity contribution < 1.29 is 9.90 Å². The van der Waals surface area contributed by atoms with Crippen molar-refractivity contribution in [1.29, 1.82) is 0 Å².